The Kier molecular flexibility index (Phi) is 15.4. The molecule has 3 atom stereocenters. The highest BCUT2D eigenvalue weighted by atomic mass is 16.3. The Hall–Kier alpha value is -3.72. The van der Waals surface area contributed by atoms with Gasteiger partial charge < -0.3 is 15.3 Å². The van der Waals surface area contributed by atoms with E-state index in [0.29, 0.717) is 17.2 Å². The lowest BCUT2D eigenvalue weighted by molar-refractivity contribution is 0.353. The summed E-state index contributed by atoms with van der Waals surface area (Å²) in [5.41, 5.74) is 14.7. The van der Waals surface area contributed by atoms with E-state index in [1.165, 1.54) is 50.1 Å². The third-order valence-corrected chi connectivity index (χ3v) is 13.7. The molecule has 4 rings (SSSR count). The molecule has 0 spiro atoms. The van der Waals surface area contributed by atoms with E-state index in [-0.39, 0.29) is 50.2 Å². The van der Waals surface area contributed by atoms with Gasteiger partial charge in [-0.3, -0.25) is 0 Å². The Balaban J connectivity index is 2.31. The quantitative estimate of drug-likeness (QED) is 0.133. The first-order valence-electron chi connectivity index (χ1n) is 24.2. The average Bonchev–Trinajstić information content (AvgIpc) is 3.10. The third-order valence-electron chi connectivity index (χ3n) is 13.7. The van der Waals surface area contributed by atoms with E-state index in [9.17, 15) is 15.3 Å². The van der Waals surface area contributed by atoms with Crippen molar-refractivity contribution in [3.8, 4) is 17.2 Å². The molecule has 0 aliphatic carbocycles. The minimum absolute atomic E-state index is 0.0884. The Morgan fingerprint density at radius 1 is 0.349 bits per heavy atom. The van der Waals surface area contributed by atoms with Crippen molar-refractivity contribution in [2.75, 3.05) is 0 Å². The molecule has 0 aliphatic heterocycles. The van der Waals surface area contributed by atoms with Crippen LogP contribution in [0, 0.1) is 37.0 Å². The van der Waals surface area contributed by atoms with Gasteiger partial charge in [0.05, 0.1) is 0 Å². The normalized spacial score (nSPS) is 14.8. The first-order valence-corrected chi connectivity index (χ1v) is 24.2. The van der Waals surface area contributed by atoms with Crippen molar-refractivity contribution in [1.82, 2.24) is 0 Å². The van der Waals surface area contributed by atoms with E-state index in [0.717, 1.165) is 55.2 Å². The van der Waals surface area contributed by atoms with Crippen molar-refractivity contribution in [3.05, 3.63) is 121 Å². The second-order valence-electron chi connectivity index (χ2n) is 26.2. The highest BCUT2D eigenvalue weighted by Crippen LogP contribution is 2.50. The Labute approximate surface area is 386 Å². The molecule has 0 radical (unpaired) electrons. The fourth-order valence-electron chi connectivity index (χ4n) is 10.1. The van der Waals surface area contributed by atoms with Crippen LogP contribution < -0.4 is 0 Å². The van der Waals surface area contributed by atoms with Gasteiger partial charge in [-0.25, -0.2) is 0 Å². The molecule has 0 aromatic heterocycles. The zero-order valence-corrected chi connectivity index (χ0v) is 44.0. The lowest BCUT2D eigenvalue weighted by Crippen LogP contribution is -2.21. The summed E-state index contributed by atoms with van der Waals surface area (Å²) < 4.78 is 0. The maximum absolute atomic E-state index is 11.3. The molecule has 0 heterocycles. The van der Waals surface area contributed by atoms with Crippen LogP contribution in [0.4, 0.5) is 0 Å². The smallest absolute Gasteiger partial charge is 0.119 e. The summed E-state index contributed by atoms with van der Waals surface area (Å²) in [6.45, 7) is 48.2. The van der Waals surface area contributed by atoms with Gasteiger partial charge in [0, 0.05) is 17.8 Å². The summed E-state index contributed by atoms with van der Waals surface area (Å²) >= 11 is 0. The molecule has 3 nitrogen and oxygen atoms in total. The van der Waals surface area contributed by atoms with Gasteiger partial charge in [-0.15, -0.1) is 0 Å². The molecule has 4 aromatic carbocycles. The van der Waals surface area contributed by atoms with E-state index < -0.39 is 0 Å². The molecule has 0 amide bonds. The molecule has 0 saturated heterocycles. The number of phenolic OH excluding ortho intramolecular Hbond substituents is 3. The molecule has 0 aliphatic rings. The van der Waals surface area contributed by atoms with Crippen LogP contribution in [0.5, 0.6) is 17.2 Å². The molecular formula is C60H90O3. The van der Waals surface area contributed by atoms with Crippen LogP contribution in [-0.4, -0.2) is 15.3 Å². The molecule has 3 heteroatoms. The number of hydrogen-bond acceptors (Lipinski definition) is 3. The first-order chi connectivity index (χ1) is 28.5. The lowest BCUT2D eigenvalue weighted by atomic mass is 9.68. The monoisotopic (exact) mass is 859 g/mol. The van der Waals surface area contributed by atoms with Crippen LogP contribution in [0.1, 0.15) is 248 Å². The Morgan fingerprint density at radius 2 is 0.556 bits per heavy atom. The van der Waals surface area contributed by atoms with Crippen LogP contribution in [0.15, 0.2) is 54.6 Å². The van der Waals surface area contributed by atoms with Gasteiger partial charge in [0.1, 0.15) is 17.2 Å². The van der Waals surface area contributed by atoms with Crippen molar-refractivity contribution in [2.45, 2.75) is 218 Å². The Morgan fingerprint density at radius 3 is 0.730 bits per heavy atom. The summed E-state index contributed by atoms with van der Waals surface area (Å²) in [4.78, 5) is 0. The van der Waals surface area contributed by atoms with Crippen molar-refractivity contribution >= 4 is 0 Å². The van der Waals surface area contributed by atoms with Gasteiger partial charge in [0.15, 0.2) is 0 Å². The zero-order valence-electron chi connectivity index (χ0n) is 44.0. The van der Waals surface area contributed by atoms with Crippen LogP contribution in [-0.2, 0) is 16.2 Å². The van der Waals surface area contributed by atoms with E-state index in [1.54, 1.807) is 0 Å². The molecule has 0 saturated carbocycles. The standard InChI is InChI=1S/C60H90O3/c1-37-52(43(28-31-55(4,5)6)40-22-25-49(61)46(34-40)58(13,14)15)38(2)54(45(30-33-57(10,11)12)42-24-27-51(63)48(36-42)60(19,20)21)39(3)53(37)44(29-32-56(7,8)9)41-23-26-50(62)47(35-41)59(16,17)18/h22-27,34-36,43-45,61-63H,28-33H2,1-21H3. The number of rotatable bonds is 12. The lowest BCUT2D eigenvalue weighted by Gasteiger charge is -2.36. The number of phenols is 3. The van der Waals surface area contributed by atoms with Crippen molar-refractivity contribution in [3.63, 3.8) is 0 Å². The molecule has 0 fully saturated rings. The molecule has 3 unspecified atom stereocenters. The summed E-state index contributed by atoms with van der Waals surface area (Å²) in [5.74, 6) is 1.33. The summed E-state index contributed by atoms with van der Waals surface area (Å²) in [7, 11) is 0. The SMILES string of the molecule is Cc1c(C(CCC(C)(C)C)c2ccc(O)c(C(C)(C)C)c2)c(C)c(C(CCC(C)(C)C)c2ccc(O)c(C(C)(C)C)c2)c(C)c1C(CCC(C)(C)C)c1ccc(O)c(C(C)(C)C)c1. The van der Waals surface area contributed by atoms with Crippen molar-refractivity contribution in [2.24, 2.45) is 16.2 Å². The van der Waals surface area contributed by atoms with Gasteiger partial charge in [-0.1, -0.05) is 161 Å². The van der Waals surface area contributed by atoms with Crippen molar-refractivity contribution < 1.29 is 15.3 Å². The van der Waals surface area contributed by atoms with E-state index >= 15 is 0 Å². The minimum atomic E-state index is -0.230. The fraction of sp³-hybridized carbons (Fsp3) is 0.600. The summed E-state index contributed by atoms with van der Waals surface area (Å²) in [5, 5.41) is 34.0. The molecule has 63 heavy (non-hydrogen) atoms. The van der Waals surface area contributed by atoms with Gasteiger partial charge in [0.2, 0.25) is 0 Å². The number of aromatic hydroxyl groups is 3. The predicted octanol–water partition coefficient (Wildman–Crippen LogP) is 17.5. The largest absolute Gasteiger partial charge is 0.508 e. The van der Waals surface area contributed by atoms with E-state index in [2.05, 4.69) is 182 Å². The topological polar surface area (TPSA) is 60.7 Å². The van der Waals surface area contributed by atoms with Gasteiger partial charge in [0.25, 0.3) is 0 Å². The second-order valence-corrected chi connectivity index (χ2v) is 26.2. The van der Waals surface area contributed by atoms with Crippen LogP contribution in [0.25, 0.3) is 0 Å². The maximum atomic E-state index is 11.3. The highest BCUT2D eigenvalue weighted by Gasteiger charge is 2.35. The van der Waals surface area contributed by atoms with Crippen LogP contribution >= 0.6 is 0 Å². The predicted molar refractivity (Wildman–Crippen MR) is 273 cm³/mol. The molecule has 0 bridgehead atoms. The second kappa shape index (κ2) is 18.6. The summed E-state index contributed by atoms with van der Waals surface area (Å²) in [6, 6.07) is 19.3. The average molecular weight is 859 g/mol. The van der Waals surface area contributed by atoms with E-state index in [4.69, 9.17) is 0 Å². The molecule has 3 N–H and O–H groups in total. The Bertz CT molecular complexity index is 1940. The van der Waals surface area contributed by atoms with E-state index in [1.807, 2.05) is 18.2 Å². The minimum Gasteiger partial charge on any atom is -0.508 e. The molecule has 348 valence electrons. The van der Waals surface area contributed by atoms with Crippen LogP contribution in [0.3, 0.4) is 0 Å². The number of benzene rings is 4. The van der Waals surface area contributed by atoms with Gasteiger partial charge in [-0.2, -0.15) is 0 Å². The maximum Gasteiger partial charge on any atom is 0.119 e. The van der Waals surface area contributed by atoms with Crippen molar-refractivity contribution in [1.29, 1.82) is 0 Å². The van der Waals surface area contributed by atoms with Crippen LogP contribution in [0.2, 0.25) is 0 Å². The zero-order chi connectivity index (χ0) is 48.0. The third kappa shape index (κ3) is 13.0. The van der Waals surface area contributed by atoms with Gasteiger partial charge >= 0.3 is 0 Å². The number of hydrogen-bond donors (Lipinski definition) is 3. The first kappa shape index (κ1) is 51.9. The highest BCUT2D eigenvalue weighted by molar-refractivity contribution is 5.61. The fourth-order valence-corrected chi connectivity index (χ4v) is 10.1. The molecular weight excluding hydrogens is 769 g/mol. The molecule has 4 aromatic rings. The summed E-state index contributed by atoms with van der Waals surface area (Å²) in [6.07, 6.45) is 6.05. The van der Waals surface area contributed by atoms with Gasteiger partial charge in [-0.05, 0) is 177 Å².